The van der Waals surface area contributed by atoms with Crippen molar-refractivity contribution in [1.29, 1.82) is 10.8 Å². The Bertz CT molecular complexity index is 1130. The van der Waals surface area contributed by atoms with E-state index < -0.39 is 42.2 Å². The van der Waals surface area contributed by atoms with Gasteiger partial charge in [-0.3, -0.25) is 10.8 Å². The second-order valence-electron chi connectivity index (χ2n) is 8.31. The van der Waals surface area contributed by atoms with Crippen molar-refractivity contribution in [2.75, 3.05) is 13.2 Å². The van der Waals surface area contributed by atoms with Crippen molar-refractivity contribution < 1.29 is 24.9 Å². The molecule has 3 saturated heterocycles. The van der Waals surface area contributed by atoms with Crippen LogP contribution in [-0.4, -0.2) is 80.9 Å². The maximum Gasteiger partial charge on any atom is 0.339 e. The van der Waals surface area contributed by atoms with Crippen molar-refractivity contribution in [2.24, 2.45) is 0 Å². The molecule has 0 bridgehead atoms. The minimum absolute atomic E-state index is 0.190. The number of ether oxygens (including phenoxy) is 1. The molecule has 2 aromatic rings. The summed E-state index contributed by atoms with van der Waals surface area (Å²) in [6.45, 7) is -0.635. The van der Waals surface area contributed by atoms with E-state index in [1.165, 1.54) is 4.90 Å². The zero-order valence-electron chi connectivity index (χ0n) is 17.4. The molecule has 8 N–H and O–H groups in total. The van der Waals surface area contributed by atoms with Gasteiger partial charge < -0.3 is 40.9 Å². The molecule has 3 heterocycles. The van der Waals surface area contributed by atoms with E-state index in [1.807, 2.05) is 30.3 Å². The van der Waals surface area contributed by atoms with Gasteiger partial charge in [0.05, 0.1) is 30.8 Å². The number of esters is 1. The molecule has 0 radical (unpaired) electrons. The van der Waals surface area contributed by atoms with Crippen LogP contribution in [0, 0.1) is 10.8 Å². The third-order valence-electron chi connectivity index (χ3n) is 6.52. The highest BCUT2D eigenvalue weighted by Crippen LogP contribution is 2.44. The summed E-state index contributed by atoms with van der Waals surface area (Å²) >= 11 is 0. The fourth-order valence-electron chi connectivity index (χ4n) is 4.99. The number of benzene rings is 2. The molecule has 2 aromatic carbocycles. The lowest BCUT2D eigenvalue weighted by Gasteiger charge is -2.50. The van der Waals surface area contributed by atoms with Crippen LogP contribution >= 0.6 is 0 Å². The van der Waals surface area contributed by atoms with E-state index in [2.05, 4.69) is 16.0 Å². The number of hydrogen-bond acceptors (Lipinski definition) is 7. The van der Waals surface area contributed by atoms with Crippen LogP contribution in [0.2, 0.25) is 0 Å². The molecule has 3 aliphatic heterocycles. The number of carbonyl (C=O) groups is 1. The molecule has 11 heteroatoms. The van der Waals surface area contributed by atoms with Gasteiger partial charge in [-0.1, -0.05) is 48.5 Å². The van der Waals surface area contributed by atoms with Crippen LogP contribution in [0.4, 0.5) is 0 Å². The fourth-order valence-corrected chi connectivity index (χ4v) is 4.99. The van der Waals surface area contributed by atoms with E-state index in [9.17, 15) is 20.1 Å². The summed E-state index contributed by atoms with van der Waals surface area (Å²) in [5, 5.41) is 56.9. The number of rotatable bonds is 4. The van der Waals surface area contributed by atoms with Gasteiger partial charge in [0, 0.05) is 0 Å². The molecular weight excluding hydrogens is 428 g/mol. The van der Waals surface area contributed by atoms with Gasteiger partial charge in [-0.2, -0.15) is 0 Å². The van der Waals surface area contributed by atoms with E-state index in [-0.39, 0.29) is 24.0 Å². The highest BCUT2D eigenvalue weighted by Gasteiger charge is 2.75. The first kappa shape index (κ1) is 21.2. The third-order valence-corrected chi connectivity index (χ3v) is 6.52. The van der Waals surface area contributed by atoms with E-state index in [0.717, 1.165) is 5.56 Å². The Labute approximate surface area is 189 Å². The third kappa shape index (κ3) is 2.97. The highest BCUT2D eigenvalue weighted by molar-refractivity contribution is 5.97. The van der Waals surface area contributed by atoms with Gasteiger partial charge in [0.1, 0.15) is 0 Å². The van der Waals surface area contributed by atoms with Crippen molar-refractivity contribution >= 4 is 17.9 Å². The maximum atomic E-state index is 13.2. The Morgan fingerprint density at radius 2 is 1.79 bits per heavy atom. The zero-order valence-corrected chi connectivity index (χ0v) is 17.4. The second-order valence-corrected chi connectivity index (χ2v) is 8.31. The van der Waals surface area contributed by atoms with E-state index >= 15 is 0 Å². The number of aliphatic hydroxyl groups excluding tert-OH is 1. The number of nitrogens with zero attached hydrogens (tertiary/aromatic N) is 1. The predicted molar refractivity (Wildman–Crippen MR) is 117 cm³/mol. The second kappa shape index (κ2) is 7.44. The molecule has 1 unspecified atom stereocenters. The normalized spacial score (nSPS) is 29.4. The van der Waals surface area contributed by atoms with Crippen LogP contribution in [0.15, 0.2) is 54.6 Å². The SMILES string of the molecule is N=C1NC2[C@H](CO)NC(=N)N3C[C@H](OC(=O)c4ccccc4-c4ccccc4)C(O)(O)[C@]23N1. The highest BCUT2D eigenvalue weighted by atomic mass is 16.6. The molecule has 11 nitrogen and oxygen atoms in total. The number of aliphatic hydroxyl groups is 3. The summed E-state index contributed by atoms with van der Waals surface area (Å²) in [7, 11) is 0. The molecule has 33 heavy (non-hydrogen) atoms. The predicted octanol–water partition coefficient (Wildman–Crippen LogP) is -1.03. The van der Waals surface area contributed by atoms with Crippen molar-refractivity contribution in [3.8, 4) is 11.1 Å². The monoisotopic (exact) mass is 452 g/mol. The molecule has 0 saturated carbocycles. The van der Waals surface area contributed by atoms with E-state index in [0.29, 0.717) is 5.56 Å². The molecule has 5 rings (SSSR count). The van der Waals surface area contributed by atoms with Gasteiger partial charge in [-0.15, -0.1) is 0 Å². The topological polar surface area (TPSA) is 174 Å². The smallest absolute Gasteiger partial charge is 0.339 e. The largest absolute Gasteiger partial charge is 0.451 e. The molecule has 172 valence electrons. The van der Waals surface area contributed by atoms with Gasteiger partial charge in [-0.25, -0.2) is 4.79 Å². The Morgan fingerprint density at radius 1 is 1.09 bits per heavy atom. The Balaban J connectivity index is 1.49. The van der Waals surface area contributed by atoms with Crippen molar-refractivity contribution in [3.05, 3.63) is 60.2 Å². The maximum absolute atomic E-state index is 13.2. The Morgan fingerprint density at radius 3 is 2.52 bits per heavy atom. The Kier molecular flexibility index (Phi) is 4.78. The zero-order chi connectivity index (χ0) is 23.4. The minimum atomic E-state index is -2.69. The standard InChI is InChI=1S/C22H24N6O5/c23-19-26-17-15(11-29)25-20(24)28-10-16(22(31,32)21(17,28)27-19)33-18(30)14-9-5-4-8-13(14)12-6-2-1-3-7-12/h1-9,15-17,29,31-32H,10-11H2,(H2,24,25)(H3,23,26,27)/t15-,16-,17?,21-/m0/s1. The first-order valence-electron chi connectivity index (χ1n) is 10.5. The lowest BCUT2D eigenvalue weighted by Crippen LogP contribution is -2.80. The fraction of sp³-hybridized carbons (Fsp3) is 0.318. The van der Waals surface area contributed by atoms with Gasteiger partial charge in [0.2, 0.25) is 5.79 Å². The summed E-state index contributed by atoms with van der Waals surface area (Å²) in [5.74, 6) is -3.83. The molecule has 4 atom stereocenters. The average Bonchev–Trinajstić information content (AvgIpc) is 3.28. The summed E-state index contributed by atoms with van der Waals surface area (Å²) in [4.78, 5) is 14.5. The van der Waals surface area contributed by atoms with Crippen LogP contribution < -0.4 is 16.0 Å². The summed E-state index contributed by atoms with van der Waals surface area (Å²) < 4.78 is 5.62. The molecule has 1 spiro atoms. The summed E-state index contributed by atoms with van der Waals surface area (Å²) in [5.41, 5.74) is -0.0960. The van der Waals surface area contributed by atoms with Crippen LogP contribution in [0.25, 0.3) is 11.1 Å². The molecule has 0 aliphatic carbocycles. The van der Waals surface area contributed by atoms with Gasteiger partial charge in [0.25, 0.3) is 0 Å². The quantitative estimate of drug-likeness (QED) is 0.213. The summed E-state index contributed by atoms with van der Waals surface area (Å²) in [6, 6.07) is 14.5. The molecular formula is C22H24N6O5. The van der Waals surface area contributed by atoms with Crippen LogP contribution in [0.5, 0.6) is 0 Å². The number of hydrogen-bond donors (Lipinski definition) is 8. The molecule has 0 aromatic heterocycles. The lowest BCUT2D eigenvalue weighted by atomic mass is 9.85. The number of carbonyl (C=O) groups excluding carboxylic acids is 1. The first-order chi connectivity index (χ1) is 15.8. The number of nitrogens with one attached hydrogen (secondary N) is 5. The van der Waals surface area contributed by atoms with Gasteiger partial charge in [0.15, 0.2) is 23.7 Å². The van der Waals surface area contributed by atoms with Crippen LogP contribution in [-0.2, 0) is 4.74 Å². The van der Waals surface area contributed by atoms with Gasteiger partial charge >= 0.3 is 5.97 Å². The van der Waals surface area contributed by atoms with Crippen molar-refractivity contribution in [1.82, 2.24) is 20.9 Å². The van der Waals surface area contributed by atoms with Crippen LogP contribution in [0.3, 0.4) is 0 Å². The van der Waals surface area contributed by atoms with Crippen molar-refractivity contribution in [2.45, 2.75) is 29.6 Å². The number of guanidine groups is 2. The average molecular weight is 452 g/mol. The van der Waals surface area contributed by atoms with E-state index in [1.54, 1.807) is 24.3 Å². The van der Waals surface area contributed by atoms with Crippen molar-refractivity contribution in [3.63, 3.8) is 0 Å². The van der Waals surface area contributed by atoms with Gasteiger partial charge in [-0.05, 0) is 17.2 Å². The van der Waals surface area contributed by atoms with E-state index in [4.69, 9.17) is 15.6 Å². The lowest BCUT2D eigenvalue weighted by molar-refractivity contribution is -0.258. The molecule has 3 aliphatic rings. The summed E-state index contributed by atoms with van der Waals surface area (Å²) in [6.07, 6.45) is -1.45. The molecule has 3 fully saturated rings. The minimum Gasteiger partial charge on any atom is -0.451 e. The Hall–Kier alpha value is -3.67. The first-order valence-corrected chi connectivity index (χ1v) is 10.5. The van der Waals surface area contributed by atoms with Crippen LogP contribution in [0.1, 0.15) is 10.4 Å². The molecule has 0 amide bonds.